The van der Waals surface area contributed by atoms with Gasteiger partial charge in [-0.25, -0.2) is 14.8 Å². The number of benzene rings is 1. The Balaban J connectivity index is 2.22. The molecule has 98 valence electrons. The molecule has 0 atom stereocenters. The van der Waals surface area contributed by atoms with Gasteiger partial charge in [-0.05, 0) is 18.2 Å². The molecule has 3 N–H and O–H groups in total. The van der Waals surface area contributed by atoms with E-state index >= 15 is 0 Å². The largest absolute Gasteiger partial charge is 0.478 e. The third-order valence-electron chi connectivity index (χ3n) is 3.03. The van der Waals surface area contributed by atoms with Crippen molar-refractivity contribution in [2.45, 2.75) is 0 Å². The van der Waals surface area contributed by atoms with E-state index in [1.807, 2.05) is 30.3 Å². The van der Waals surface area contributed by atoms with Crippen molar-refractivity contribution < 1.29 is 9.90 Å². The highest BCUT2D eigenvalue weighted by Crippen LogP contribution is 2.24. The molecule has 3 aromatic rings. The molecule has 20 heavy (non-hydrogen) atoms. The third kappa shape index (κ3) is 2.05. The summed E-state index contributed by atoms with van der Waals surface area (Å²) in [5.74, 6) is -0.879. The summed E-state index contributed by atoms with van der Waals surface area (Å²) in [7, 11) is 0. The van der Waals surface area contributed by atoms with Crippen molar-refractivity contribution in [1.82, 2.24) is 9.97 Å². The van der Waals surface area contributed by atoms with Gasteiger partial charge in [0.15, 0.2) is 0 Å². The Labute approximate surface area is 114 Å². The van der Waals surface area contributed by atoms with E-state index < -0.39 is 5.97 Å². The van der Waals surface area contributed by atoms with Crippen molar-refractivity contribution in [3.8, 4) is 11.3 Å². The molecule has 1 aromatic carbocycles. The number of fused-ring (bicyclic) bond motifs is 1. The predicted molar refractivity (Wildman–Crippen MR) is 76.3 cm³/mol. The lowest BCUT2D eigenvalue weighted by molar-refractivity contribution is 0.0697. The Hall–Kier alpha value is -2.95. The van der Waals surface area contributed by atoms with Crippen LogP contribution >= 0.6 is 0 Å². The Morgan fingerprint density at radius 1 is 1.15 bits per heavy atom. The minimum atomic E-state index is -1.05. The molecule has 0 aliphatic carbocycles. The quantitative estimate of drug-likeness (QED) is 0.743. The average Bonchev–Trinajstić information content (AvgIpc) is 2.46. The van der Waals surface area contributed by atoms with Crippen LogP contribution in [0.5, 0.6) is 0 Å². The van der Waals surface area contributed by atoms with Gasteiger partial charge in [0.2, 0.25) is 0 Å². The fraction of sp³-hybridized carbons (Fsp3) is 0. The number of anilines is 1. The fourth-order valence-electron chi connectivity index (χ4n) is 2.07. The Kier molecular flexibility index (Phi) is 2.80. The van der Waals surface area contributed by atoms with Gasteiger partial charge in [-0.3, -0.25) is 0 Å². The number of nitrogens with two attached hydrogens (primary N) is 1. The number of carbonyl (C=O) groups is 1. The molecule has 0 aliphatic heterocycles. The normalized spacial score (nSPS) is 10.6. The molecule has 0 aliphatic rings. The summed E-state index contributed by atoms with van der Waals surface area (Å²) >= 11 is 0. The minimum absolute atomic E-state index is 0.0975. The van der Waals surface area contributed by atoms with Gasteiger partial charge in [0.05, 0.1) is 16.8 Å². The lowest BCUT2D eigenvalue weighted by Crippen LogP contribution is -2.03. The molecule has 5 nitrogen and oxygen atoms in total. The van der Waals surface area contributed by atoms with Crippen LogP contribution in [-0.4, -0.2) is 21.0 Å². The van der Waals surface area contributed by atoms with Crippen LogP contribution in [0.15, 0.2) is 48.7 Å². The first-order valence-corrected chi connectivity index (χ1v) is 6.00. The summed E-state index contributed by atoms with van der Waals surface area (Å²) in [6.07, 6.45) is 1.44. The van der Waals surface area contributed by atoms with Crippen molar-refractivity contribution in [2.24, 2.45) is 0 Å². The van der Waals surface area contributed by atoms with E-state index in [4.69, 9.17) is 5.73 Å². The summed E-state index contributed by atoms with van der Waals surface area (Å²) in [6, 6.07) is 12.7. The van der Waals surface area contributed by atoms with Crippen LogP contribution in [0.1, 0.15) is 10.4 Å². The van der Waals surface area contributed by atoms with Crippen molar-refractivity contribution in [3.63, 3.8) is 0 Å². The van der Waals surface area contributed by atoms with Gasteiger partial charge < -0.3 is 10.8 Å². The molecule has 0 saturated heterocycles. The number of aromatic nitrogens is 2. The van der Waals surface area contributed by atoms with E-state index in [1.54, 1.807) is 6.07 Å². The zero-order chi connectivity index (χ0) is 14.1. The zero-order valence-corrected chi connectivity index (χ0v) is 10.4. The number of pyridine rings is 2. The van der Waals surface area contributed by atoms with Crippen LogP contribution in [0.2, 0.25) is 0 Å². The first kappa shape index (κ1) is 12.1. The molecule has 0 bridgehead atoms. The van der Waals surface area contributed by atoms with Gasteiger partial charge in [0, 0.05) is 17.1 Å². The Bertz CT molecular complexity index is 815. The lowest BCUT2D eigenvalue weighted by Gasteiger charge is -2.07. The molecule has 0 spiro atoms. The number of nitrogens with zero attached hydrogens (tertiary/aromatic N) is 2. The molecule has 0 amide bonds. The van der Waals surface area contributed by atoms with Gasteiger partial charge in [-0.2, -0.15) is 0 Å². The fourth-order valence-corrected chi connectivity index (χ4v) is 2.07. The maximum Gasteiger partial charge on any atom is 0.336 e. The molecule has 5 heteroatoms. The monoisotopic (exact) mass is 265 g/mol. The van der Waals surface area contributed by atoms with E-state index in [9.17, 15) is 9.90 Å². The Morgan fingerprint density at radius 3 is 2.75 bits per heavy atom. The maximum atomic E-state index is 11.3. The molecular weight excluding hydrogens is 254 g/mol. The molecule has 3 rings (SSSR count). The smallest absolute Gasteiger partial charge is 0.336 e. The highest BCUT2D eigenvalue weighted by atomic mass is 16.4. The van der Waals surface area contributed by atoms with Crippen molar-refractivity contribution in [2.75, 3.05) is 5.73 Å². The standard InChI is InChI=1S/C15H11N3O2/c16-14-7-10(15(19)20)11(8-17-14)13-6-5-9-3-1-2-4-12(9)18-13/h1-8H,(H2,16,17)(H,19,20). The molecule has 0 radical (unpaired) electrons. The van der Waals surface area contributed by atoms with Gasteiger partial charge in [-0.15, -0.1) is 0 Å². The van der Waals surface area contributed by atoms with Crippen LogP contribution in [0, 0.1) is 0 Å². The van der Waals surface area contributed by atoms with Crippen molar-refractivity contribution in [1.29, 1.82) is 0 Å². The first-order chi connectivity index (χ1) is 9.65. The highest BCUT2D eigenvalue weighted by Gasteiger charge is 2.14. The van der Waals surface area contributed by atoms with Crippen molar-refractivity contribution in [3.05, 3.63) is 54.2 Å². The SMILES string of the molecule is Nc1cc(C(=O)O)c(-c2ccc3ccccc3n2)cn1. The zero-order valence-electron chi connectivity index (χ0n) is 10.4. The number of nitrogen functional groups attached to an aromatic ring is 1. The number of carboxylic acid groups (broad SMARTS) is 1. The topological polar surface area (TPSA) is 89.1 Å². The van der Waals surface area contributed by atoms with Gasteiger partial charge in [0.25, 0.3) is 0 Å². The minimum Gasteiger partial charge on any atom is -0.478 e. The second-order valence-electron chi connectivity index (χ2n) is 4.35. The summed E-state index contributed by atoms with van der Waals surface area (Å²) in [5, 5.41) is 10.3. The average molecular weight is 265 g/mol. The van der Waals surface area contributed by atoms with Gasteiger partial charge in [0.1, 0.15) is 5.82 Å². The first-order valence-electron chi connectivity index (χ1n) is 6.00. The summed E-state index contributed by atoms with van der Waals surface area (Å²) in [5.41, 5.74) is 7.46. The number of rotatable bonds is 2. The van der Waals surface area contributed by atoms with Gasteiger partial charge >= 0.3 is 5.97 Å². The molecule has 0 unspecified atom stereocenters. The maximum absolute atomic E-state index is 11.3. The van der Waals surface area contributed by atoms with Crippen LogP contribution in [0.25, 0.3) is 22.2 Å². The van der Waals surface area contributed by atoms with Crippen LogP contribution < -0.4 is 5.73 Å². The molecular formula is C15H11N3O2. The van der Waals surface area contributed by atoms with E-state index in [-0.39, 0.29) is 11.4 Å². The van der Waals surface area contributed by atoms with Gasteiger partial charge in [-0.1, -0.05) is 24.3 Å². The third-order valence-corrected chi connectivity index (χ3v) is 3.03. The molecule has 0 fully saturated rings. The van der Waals surface area contributed by atoms with E-state index in [1.165, 1.54) is 12.3 Å². The number of aromatic carboxylic acids is 1. The second kappa shape index (κ2) is 4.62. The van der Waals surface area contributed by atoms with Crippen LogP contribution in [0.3, 0.4) is 0 Å². The van der Waals surface area contributed by atoms with Crippen LogP contribution in [0.4, 0.5) is 5.82 Å². The number of hydrogen-bond donors (Lipinski definition) is 2. The lowest BCUT2D eigenvalue weighted by atomic mass is 10.1. The number of hydrogen-bond acceptors (Lipinski definition) is 4. The van der Waals surface area contributed by atoms with E-state index in [0.29, 0.717) is 11.3 Å². The van der Waals surface area contributed by atoms with Crippen molar-refractivity contribution >= 4 is 22.7 Å². The predicted octanol–water partition coefficient (Wildman–Crippen LogP) is 2.58. The Morgan fingerprint density at radius 2 is 1.95 bits per heavy atom. The summed E-state index contributed by atoms with van der Waals surface area (Å²) < 4.78 is 0. The number of carboxylic acids is 1. The molecule has 0 saturated carbocycles. The van der Waals surface area contributed by atoms with E-state index in [2.05, 4.69) is 9.97 Å². The van der Waals surface area contributed by atoms with Crippen LogP contribution in [-0.2, 0) is 0 Å². The highest BCUT2D eigenvalue weighted by molar-refractivity contribution is 5.96. The molecule has 2 heterocycles. The molecule has 2 aromatic heterocycles. The number of para-hydroxylation sites is 1. The second-order valence-corrected chi connectivity index (χ2v) is 4.35. The summed E-state index contributed by atoms with van der Waals surface area (Å²) in [4.78, 5) is 19.7. The van der Waals surface area contributed by atoms with E-state index in [0.717, 1.165) is 10.9 Å². The summed E-state index contributed by atoms with van der Waals surface area (Å²) in [6.45, 7) is 0.